The standard InChI is InChI=1S/C24H23FN6O2/c1-2-26-23(32)31-22-29-18-12-15(14-6-7-19(28-13-14)24(33)8-4-9-24)11-16(21(18)30-22)20-17(25)5-3-10-27-20/h3,5-7,10-13,33H,2,4,8-9H2,1H3,(H3,26,29,30,31,32). The van der Waals surface area contributed by atoms with Crippen molar-refractivity contribution in [1.29, 1.82) is 0 Å². The van der Waals surface area contributed by atoms with Crippen LogP contribution in [-0.2, 0) is 5.60 Å². The predicted molar refractivity (Wildman–Crippen MR) is 123 cm³/mol. The van der Waals surface area contributed by atoms with Gasteiger partial charge in [-0.1, -0.05) is 6.07 Å². The van der Waals surface area contributed by atoms with Gasteiger partial charge in [-0.3, -0.25) is 15.3 Å². The summed E-state index contributed by atoms with van der Waals surface area (Å²) in [5, 5.41) is 15.9. The summed E-state index contributed by atoms with van der Waals surface area (Å²) < 4.78 is 14.7. The molecule has 0 aliphatic heterocycles. The molecule has 4 aromatic rings. The van der Waals surface area contributed by atoms with Gasteiger partial charge in [-0.25, -0.2) is 14.2 Å². The number of nitrogens with zero attached hydrogens (tertiary/aromatic N) is 3. The van der Waals surface area contributed by atoms with Crippen LogP contribution in [0.2, 0.25) is 0 Å². The van der Waals surface area contributed by atoms with Crippen molar-refractivity contribution < 1.29 is 14.3 Å². The van der Waals surface area contributed by atoms with Gasteiger partial charge in [-0.2, -0.15) is 0 Å². The summed E-state index contributed by atoms with van der Waals surface area (Å²) in [5.74, 6) is -0.232. The maximum Gasteiger partial charge on any atom is 0.321 e. The summed E-state index contributed by atoms with van der Waals surface area (Å²) in [4.78, 5) is 28.2. The number of hydrogen-bond donors (Lipinski definition) is 4. The first kappa shape index (κ1) is 21.0. The van der Waals surface area contributed by atoms with E-state index in [4.69, 9.17) is 0 Å². The lowest BCUT2D eigenvalue weighted by Crippen LogP contribution is -2.34. The molecule has 0 unspecified atom stereocenters. The number of aromatic amines is 1. The molecule has 0 bridgehead atoms. The molecule has 1 fully saturated rings. The number of halogens is 1. The summed E-state index contributed by atoms with van der Waals surface area (Å²) in [6, 6.07) is 9.87. The molecule has 3 aromatic heterocycles. The average molecular weight is 446 g/mol. The Labute approximate surface area is 189 Å². The van der Waals surface area contributed by atoms with Crippen LogP contribution in [0.5, 0.6) is 0 Å². The Hall–Kier alpha value is -3.85. The van der Waals surface area contributed by atoms with E-state index in [1.807, 2.05) is 25.1 Å². The molecule has 1 saturated carbocycles. The molecule has 2 amide bonds. The number of aliphatic hydroxyl groups is 1. The van der Waals surface area contributed by atoms with Gasteiger partial charge in [0.05, 0.1) is 11.2 Å². The molecule has 0 radical (unpaired) electrons. The minimum Gasteiger partial charge on any atom is -0.384 e. The third kappa shape index (κ3) is 3.91. The number of anilines is 1. The molecule has 168 valence electrons. The van der Waals surface area contributed by atoms with E-state index in [0.717, 1.165) is 17.5 Å². The lowest BCUT2D eigenvalue weighted by Gasteiger charge is -2.35. The fraction of sp³-hybridized carbons (Fsp3) is 0.250. The van der Waals surface area contributed by atoms with Crippen LogP contribution in [0.15, 0.2) is 48.8 Å². The Morgan fingerprint density at radius 2 is 2.06 bits per heavy atom. The second kappa shape index (κ2) is 8.25. The normalized spacial score (nSPS) is 14.6. The van der Waals surface area contributed by atoms with Crippen molar-refractivity contribution in [3.05, 3.63) is 60.3 Å². The van der Waals surface area contributed by atoms with E-state index >= 15 is 0 Å². The van der Waals surface area contributed by atoms with Crippen molar-refractivity contribution in [3.63, 3.8) is 0 Å². The van der Waals surface area contributed by atoms with Crippen LogP contribution in [0.25, 0.3) is 33.4 Å². The topological polar surface area (TPSA) is 116 Å². The summed E-state index contributed by atoms with van der Waals surface area (Å²) >= 11 is 0. The van der Waals surface area contributed by atoms with E-state index in [9.17, 15) is 14.3 Å². The van der Waals surface area contributed by atoms with E-state index in [2.05, 4.69) is 30.6 Å². The highest BCUT2D eigenvalue weighted by Crippen LogP contribution is 2.40. The predicted octanol–water partition coefficient (Wildman–Crippen LogP) is 4.34. The van der Waals surface area contributed by atoms with Gasteiger partial charge in [0.25, 0.3) is 0 Å². The Morgan fingerprint density at radius 3 is 2.73 bits per heavy atom. The number of fused-ring (bicyclic) bond motifs is 1. The van der Waals surface area contributed by atoms with Gasteiger partial charge in [0.1, 0.15) is 22.6 Å². The Balaban J connectivity index is 1.60. The summed E-state index contributed by atoms with van der Waals surface area (Å²) in [5.41, 5.74) is 3.14. The van der Waals surface area contributed by atoms with Crippen LogP contribution < -0.4 is 10.6 Å². The number of hydrogen-bond acceptors (Lipinski definition) is 5. The van der Waals surface area contributed by atoms with Crippen molar-refractivity contribution in [1.82, 2.24) is 25.3 Å². The van der Waals surface area contributed by atoms with Crippen molar-refractivity contribution in [3.8, 4) is 22.4 Å². The summed E-state index contributed by atoms with van der Waals surface area (Å²) in [6.07, 6.45) is 5.64. The van der Waals surface area contributed by atoms with E-state index < -0.39 is 17.4 Å². The van der Waals surface area contributed by atoms with Crippen molar-refractivity contribution >= 4 is 23.0 Å². The van der Waals surface area contributed by atoms with Crippen LogP contribution in [0.3, 0.4) is 0 Å². The van der Waals surface area contributed by atoms with Gasteiger partial charge in [0.15, 0.2) is 0 Å². The lowest BCUT2D eigenvalue weighted by molar-refractivity contribution is -0.0426. The van der Waals surface area contributed by atoms with E-state index in [-0.39, 0.29) is 11.6 Å². The summed E-state index contributed by atoms with van der Waals surface area (Å²) in [7, 11) is 0. The number of imidazole rings is 1. The Kier molecular flexibility index (Phi) is 5.26. The Morgan fingerprint density at radius 1 is 1.21 bits per heavy atom. The van der Waals surface area contributed by atoms with Gasteiger partial charge in [0, 0.05) is 30.1 Å². The van der Waals surface area contributed by atoms with Crippen LogP contribution in [0.4, 0.5) is 15.1 Å². The highest BCUT2D eigenvalue weighted by atomic mass is 19.1. The van der Waals surface area contributed by atoms with E-state index in [1.54, 1.807) is 12.3 Å². The van der Waals surface area contributed by atoms with E-state index in [0.29, 0.717) is 41.7 Å². The average Bonchev–Trinajstić information content (AvgIpc) is 3.20. The largest absolute Gasteiger partial charge is 0.384 e. The third-order valence-electron chi connectivity index (χ3n) is 5.92. The smallest absolute Gasteiger partial charge is 0.321 e. The molecule has 5 rings (SSSR count). The highest BCUT2D eigenvalue weighted by Gasteiger charge is 2.37. The maximum absolute atomic E-state index is 14.7. The molecule has 8 nitrogen and oxygen atoms in total. The van der Waals surface area contributed by atoms with E-state index in [1.165, 1.54) is 18.3 Å². The highest BCUT2D eigenvalue weighted by molar-refractivity contribution is 5.98. The third-order valence-corrected chi connectivity index (χ3v) is 5.92. The molecule has 0 saturated heterocycles. The first-order valence-corrected chi connectivity index (χ1v) is 10.9. The second-order valence-electron chi connectivity index (χ2n) is 8.14. The van der Waals surface area contributed by atoms with Crippen LogP contribution in [-0.4, -0.2) is 37.6 Å². The molecule has 1 aliphatic carbocycles. The zero-order valence-electron chi connectivity index (χ0n) is 18.0. The number of aromatic nitrogens is 4. The molecule has 0 spiro atoms. The van der Waals surface area contributed by atoms with Crippen LogP contribution in [0, 0.1) is 5.82 Å². The molecule has 1 aromatic carbocycles. The maximum atomic E-state index is 14.7. The zero-order valence-corrected chi connectivity index (χ0v) is 18.0. The second-order valence-corrected chi connectivity index (χ2v) is 8.14. The van der Waals surface area contributed by atoms with Crippen molar-refractivity contribution in [2.24, 2.45) is 0 Å². The molecular formula is C24H23FN6O2. The number of carbonyl (C=O) groups excluding carboxylic acids is 1. The minimum absolute atomic E-state index is 0.161. The number of urea groups is 1. The molecule has 4 N–H and O–H groups in total. The fourth-order valence-corrected chi connectivity index (χ4v) is 4.03. The monoisotopic (exact) mass is 446 g/mol. The number of nitrogens with one attached hydrogen (secondary N) is 3. The van der Waals surface area contributed by atoms with Gasteiger partial charge in [-0.15, -0.1) is 0 Å². The zero-order chi connectivity index (χ0) is 23.0. The number of carbonyl (C=O) groups is 1. The van der Waals surface area contributed by atoms with Crippen molar-refractivity contribution in [2.75, 3.05) is 11.9 Å². The van der Waals surface area contributed by atoms with Gasteiger partial charge in [-0.05, 0) is 62.1 Å². The molecule has 1 aliphatic rings. The Bertz CT molecular complexity index is 1330. The fourth-order valence-electron chi connectivity index (χ4n) is 4.03. The minimum atomic E-state index is -0.840. The van der Waals surface area contributed by atoms with Crippen LogP contribution >= 0.6 is 0 Å². The molecular weight excluding hydrogens is 423 g/mol. The number of benzene rings is 1. The molecule has 33 heavy (non-hydrogen) atoms. The van der Waals surface area contributed by atoms with Crippen molar-refractivity contribution in [2.45, 2.75) is 31.8 Å². The van der Waals surface area contributed by atoms with Gasteiger partial charge >= 0.3 is 6.03 Å². The molecule has 3 heterocycles. The van der Waals surface area contributed by atoms with Crippen LogP contribution in [0.1, 0.15) is 31.9 Å². The molecule has 0 atom stereocenters. The number of amides is 2. The first-order valence-electron chi connectivity index (χ1n) is 10.9. The quantitative estimate of drug-likeness (QED) is 0.364. The SMILES string of the molecule is CCNC(=O)Nc1nc2c(-c3ncccc3F)cc(-c3ccc(C4(O)CCC4)nc3)cc2[nH]1. The van der Waals surface area contributed by atoms with Gasteiger partial charge < -0.3 is 15.4 Å². The summed E-state index contributed by atoms with van der Waals surface area (Å²) in [6.45, 7) is 2.29. The number of rotatable bonds is 5. The molecule has 9 heteroatoms. The number of pyridine rings is 2. The lowest BCUT2D eigenvalue weighted by atomic mass is 9.77. The van der Waals surface area contributed by atoms with Gasteiger partial charge in [0.2, 0.25) is 5.95 Å². The first-order chi connectivity index (χ1) is 16.0. The number of H-pyrrole nitrogens is 1.